The Morgan fingerprint density at radius 3 is 2.19 bits per heavy atom. The zero-order chi connectivity index (χ0) is 24.0. The van der Waals surface area contributed by atoms with Crippen molar-refractivity contribution in [3.63, 3.8) is 0 Å². The largest absolute Gasteiger partial charge is 0.489 e. The molecule has 176 valence electrons. The van der Waals surface area contributed by atoms with E-state index in [-0.39, 0.29) is 25.0 Å². The molecule has 0 spiro atoms. The molecule has 0 unspecified atom stereocenters. The maximum atomic E-state index is 13.5. The second-order valence-electron chi connectivity index (χ2n) is 7.34. The van der Waals surface area contributed by atoms with E-state index in [1.54, 1.807) is 0 Å². The van der Waals surface area contributed by atoms with E-state index in [2.05, 4.69) is 0 Å². The number of ether oxygens (including phenoxy) is 1. The number of nitrogens with two attached hydrogens (primary N) is 1. The topological polar surface area (TPSA) is 75.7 Å². The molecule has 0 atom stereocenters. The van der Waals surface area contributed by atoms with Crippen LogP contribution in [0.15, 0.2) is 48.5 Å². The maximum absolute atomic E-state index is 13.5. The van der Waals surface area contributed by atoms with Gasteiger partial charge in [0.05, 0.1) is 29.9 Å². The maximum Gasteiger partial charge on any atom is 0.419 e. The predicted octanol–water partition coefficient (Wildman–Crippen LogP) is 4.43. The lowest BCUT2D eigenvalue weighted by Gasteiger charge is -2.24. The van der Waals surface area contributed by atoms with Gasteiger partial charge in [-0.25, -0.2) is 0 Å². The first-order chi connectivity index (χ1) is 14.9. The Kier molecular flexibility index (Phi) is 8.33. The first kappa shape index (κ1) is 25.7. The number of alkyl halides is 6. The van der Waals surface area contributed by atoms with Crippen LogP contribution in [-0.4, -0.2) is 35.6 Å². The number of rotatable bonds is 9. The lowest BCUT2D eigenvalue weighted by molar-refractivity contribution is -0.139. The van der Waals surface area contributed by atoms with Gasteiger partial charge < -0.3 is 20.7 Å². The Bertz CT molecular complexity index is 921. The zero-order valence-electron chi connectivity index (χ0n) is 16.9. The van der Waals surface area contributed by atoms with Gasteiger partial charge >= 0.3 is 12.4 Å². The fourth-order valence-corrected chi connectivity index (χ4v) is 2.82. The number of aryl methyl sites for hydroxylation is 1. The molecule has 0 amide bonds. The molecule has 10 heteroatoms. The molecule has 0 aliphatic rings. The third kappa shape index (κ3) is 7.25. The highest BCUT2D eigenvalue weighted by molar-refractivity contribution is 5.51. The van der Waals surface area contributed by atoms with Gasteiger partial charge in [0.15, 0.2) is 0 Å². The van der Waals surface area contributed by atoms with Crippen molar-refractivity contribution in [2.24, 2.45) is 5.73 Å². The fourth-order valence-electron chi connectivity index (χ4n) is 2.82. The van der Waals surface area contributed by atoms with E-state index >= 15 is 0 Å². The van der Waals surface area contributed by atoms with Crippen molar-refractivity contribution >= 4 is 6.08 Å². The average molecular weight is 463 g/mol. The van der Waals surface area contributed by atoms with Gasteiger partial charge in [0.2, 0.25) is 0 Å². The van der Waals surface area contributed by atoms with Crippen LogP contribution in [0.3, 0.4) is 0 Å². The van der Waals surface area contributed by atoms with E-state index in [9.17, 15) is 36.6 Å². The van der Waals surface area contributed by atoms with Crippen LogP contribution in [0.1, 0.15) is 28.7 Å². The van der Waals surface area contributed by atoms with Crippen molar-refractivity contribution in [2.45, 2.75) is 30.7 Å². The molecular formula is C22H23F6NO3. The second-order valence-corrected chi connectivity index (χ2v) is 7.34. The third-order valence-electron chi connectivity index (χ3n) is 4.75. The molecule has 4 nitrogen and oxygen atoms in total. The van der Waals surface area contributed by atoms with E-state index in [1.165, 1.54) is 30.4 Å². The Morgan fingerprint density at radius 2 is 1.59 bits per heavy atom. The molecule has 4 N–H and O–H groups in total. The van der Waals surface area contributed by atoms with E-state index in [1.807, 2.05) is 0 Å². The average Bonchev–Trinajstić information content (AvgIpc) is 2.74. The summed E-state index contributed by atoms with van der Waals surface area (Å²) in [6.07, 6.45) is -6.41. The van der Waals surface area contributed by atoms with Gasteiger partial charge in [0, 0.05) is 0 Å². The van der Waals surface area contributed by atoms with Crippen LogP contribution < -0.4 is 10.5 Å². The van der Waals surface area contributed by atoms with Crippen LogP contribution in [0.2, 0.25) is 0 Å². The van der Waals surface area contributed by atoms with Crippen molar-refractivity contribution in [3.05, 3.63) is 70.8 Å². The highest BCUT2D eigenvalue weighted by atomic mass is 19.4. The third-order valence-corrected chi connectivity index (χ3v) is 4.75. The summed E-state index contributed by atoms with van der Waals surface area (Å²) in [6.45, 7) is -1.33. The van der Waals surface area contributed by atoms with Gasteiger partial charge in [0.1, 0.15) is 12.4 Å². The number of benzene rings is 2. The molecule has 0 aliphatic carbocycles. The molecule has 0 radical (unpaired) electrons. The van der Waals surface area contributed by atoms with Gasteiger partial charge in [0.25, 0.3) is 0 Å². The number of hydrogen-bond acceptors (Lipinski definition) is 4. The molecule has 0 aromatic heterocycles. The molecule has 2 aromatic carbocycles. The summed E-state index contributed by atoms with van der Waals surface area (Å²) in [5.41, 5.74) is 3.11. The number of aliphatic hydroxyl groups is 2. The van der Waals surface area contributed by atoms with Gasteiger partial charge in [-0.15, -0.1) is 0 Å². The van der Waals surface area contributed by atoms with E-state index in [4.69, 9.17) is 10.5 Å². The molecule has 2 aromatic rings. The highest BCUT2D eigenvalue weighted by Gasteiger charge is 2.35. The lowest BCUT2D eigenvalue weighted by Crippen LogP contribution is -2.47. The van der Waals surface area contributed by atoms with Crippen molar-refractivity contribution in [3.8, 4) is 5.75 Å². The van der Waals surface area contributed by atoms with Crippen LogP contribution in [-0.2, 0) is 18.8 Å². The van der Waals surface area contributed by atoms with Crippen LogP contribution in [0.4, 0.5) is 26.3 Å². The number of aliphatic hydroxyl groups excluding tert-OH is 2. The van der Waals surface area contributed by atoms with E-state index < -0.39 is 48.0 Å². The summed E-state index contributed by atoms with van der Waals surface area (Å²) in [5, 5.41) is 18.4. The predicted molar refractivity (Wildman–Crippen MR) is 107 cm³/mol. The number of halogens is 6. The SMILES string of the molecule is NC(CO)(CO)CCc1ccc(OC/C=C/c2cccc(C(F)(F)F)c2)c(C(F)(F)F)c1. The Hall–Kier alpha value is -2.56. The minimum Gasteiger partial charge on any atom is -0.489 e. The van der Waals surface area contributed by atoms with Gasteiger partial charge in [-0.2, -0.15) is 26.3 Å². The minimum absolute atomic E-state index is 0.0667. The standard InChI is InChI=1S/C22H23F6NO3/c23-21(24,25)17-5-1-3-15(11-17)4-2-10-32-19-7-6-16(12-18(19)22(26,27)28)8-9-20(29,13-30)14-31/h1-7,11-12,30-31H,8-10,13-14,29H2/b4-2+. The quantitative estimate of drug-likeness (QED) is 0.481. The smallest absolute Gasteiger partial charge is 0.419 e. The molecule has 0 heterocycles. The fraction of sp³-hybridized carbons (Fsp3) is 0.364. The second kappa shape index (κ2) is 10.4. The molecule has 0 saturated carbocycles. The van der Waals surface area contributed by atoms with Crippen molar-refractivity contribution in [2.75, 3.05) is 19.8 Å². The Morgan fingerprint density at radius 1 is 0.906 bits per heavy atom. The van der Waals surface area contributed by atoms with Crippen molar-refractivity contribution in [1.82, 2.24) is 0 Å². The van der Waals surface area contributed by atoms with Crippen LogP contribution in [0, 0.1) is 0 Å². The van der Waals surface area contributed by atoms with Crippen LogP contribution in [0.25, 0.3) is 6.08 Å². The van der Waals surface area contributed by atoms with Gasteiger partial charge in [-0.1, -0.05) is 24.3 Å². The Balaban J connectivity index is 2.10. The Labute approximate surface area is 180 Å². The van der Waals surface area contributed by atoms with E-state index in [0.29, 0.717) is 5.56 Å². The molecule has 0 saturated heterocycles. The highest BCUT2D eigenvalue weighted by Crippen LogP contribution is 2.37. The molecule has 2 rings (SSSR count). The normalized spacial score (nSPS) is 13.0. The van der Waals surface area contributed by atoms with Crippen molar-refractivity contribution in [1.29, 1.82) is 0 Å². The minimum atomic E-state index is -4.70. The van der Waals surface area contributed by atoms with Crippen LogP contribution in [0.5, 0.6) is 5.75 Å². The molecule has 0 fully saturated rings. The zero-order valence-corrected chi connectivity index (χ0v) is 16.9. The number of hydrogen-bond donors (Lipinski definition) is 3. The monoisotopic (exact) mass is 463 g/mol. The molecular weight excluding hydrogens is 440 g/mol. The summed E-state index contributed by atoms with van der Waals surface area (Å²) in [5.74, 6) is -0.432. The molecule has 0 aliphatic heterocycles. The summed E-state index contributed by atoms with van der Waals surface area (Å²) in [4.78, 5) is 0. The van der Waals surface area contributed by atoms with Gasteiger partial charge in [-0.3, -0.25) is 0 Å². The molecule has 0 bridgehead atoms. The summed E-state index contributed by atoms with van der Waals surface area (Å²) >= 11 is 0. The molecule has 32 heavy (non-hydrogen) atoms. The van der Waals surface area contributed by atoms with Gasteiger partial charge in [-0.05, 0) is 54.3 Å². The first-order valence-electron chi connectivity index (χ1n) is 9.55. The van der Waals surface area contributed by atoms with Crippen LogP contribution >= 0.6 is 0 Å². The van der Waals surface area contributed by atoms with Crippen molar-refractivity contribution < 1.29 is 41.3 Å². The van der Waals surface area contributed by atoms with E-state index in [0.717, 1.165) is 24.3 Å². The summed E-state index contributed by atoms with van der Waals surface area (Å²) < 4.78 is 83.8. The lowest BCUT2D eigenvalue weighted by atomic mass is 9.93. The summed E-state index contributed by atoms with van der Waals surface area (Å²) in [7, 11) is 0. The first-order valence-corrected chi connectivity index (χ1v) is 9.55. The summed E-state index contributed by atoms with van der Waals surface area (Å²) in [6, 6.07) is 7.96.